The number of ether oxygens (including phenoxy) is 1. The molecule has 0 radical (unpaired) electrons. The average Bonchev–Trinajstić information content (AvgIpc) is 2.17. The summed E-state index contributed by atoms with van der Waals surface area (Å²) in [4.78, 5) is 11.0. The van der Waals surface area contributed by atoms with Gasteiger partial charge in [0.2, 0.25) is 0 Å². The molecule has 88 valence electrons. The molecule has 1 unspecified atom stereocenters. The van der Waals surface area contributed by atoms with E-state index >= 15 is 0 Å². The van der Waals surface area contributed by atoms with E-state index < -0.39 is 0 Å². The van der Waals surface area contributed by atoms with E-state index in [2.05, 4.69) is 6.58 Å². The van der Waals surface area contributed by atoms with Crippen LogP contribution in [0, 0.1) is 0 Å². The molecule has 0 amide bonds. The summed E-state index contributed by atoms with van der Waals surface area (Å²) >= 11 is 0. The van der Waals surface area contributed by atoms with Crippen molar-refractivity contribution in [3.63, 3.8) is 0 Å². The minimum absolute atomic E-state index is 0.0956. The Hall–Kier alpha value is -0.830. The van der Waals surface area contributed by atoms with Gasteiger partial charge in [0.05, 0.1) is 6.61 Å². The molecule has 0 saturated carbocycles. The number of rotatable bonds is 8. The van der Waals surface area contributed by atoms with Crippen LogP contribution in [0.5, 0.6) is 0 Å². The van der Waals surface area contributed by atoms with Gasteiger partial charge in [0, 0.05) is 12.5 Å². The minimum atomic E-state index is -0.0956. The number of carbonyl (C=O) groups is 1. The van der Waals surface area contributed by atoms with Crippen LogP contribution in [-0.4, -0.2) is 18.6 Å². The molecule has 0 aliphatic rings. The lowest BCUT2D eigenvalue weighted by Crippen LogP contribution is -2.20. The first-order valence-electron chi connectivity index (χ1n) is 5.64. The SMILES string of the molecule is C=C(C)C(N)CCCCCC(=O)OCC. The molecule has 0 aromatic heterocycles. The van der Waals surface area contributed by atoms with Crippen LogP contribution in [0.4, 0.5) is 0 Å². The second-order valence-electron chi connectivity index (χ2n) is 3.86. The summed E-state index contributed by atoms with van der Waals surface area (Å²) in [5, 5.41) is 0. The normalized spacial score (nSPS) is 12.2. The first kappa shape index (κ1) is 14.2. The highest BCUT2D eigenvalue weighted by Gasteiger charge is 2.04. The molecule has 0 aromatic carbocycles. The molecule has 15 heavy (non-hydrogen) atoms. The molecule has 1 atom stereocenters. The Morgan fingerprint density at radius 2 is 2.07 bits per heavy atom. The van der Waals surface area contributed by atoms with Gasteiger partial charge in [0.25, 0.3) is 0 Å². The maximum Gasteiger partial charge on any atom is 0.305 e. The van der Waals surface area contributed by atoms with E-state index in [0.717, 1.165) is 31.3 Å². The van der Waals surface area contributed by atoms with Crippen molar-refractivity contribution in [2.75, 3.05) is 6.61 Å². The molecule has 0 spiro atoms. The van der Waals surface area contributed by atoms with Crippen LogP contribution in [0.2, 0.25) is 0 Å². The van der Waals surface area contributed by atoms with Crippen LogP contribution in [-0.2, 0) is 9.53 Å². The van der Waals surface area contributed by atoms with Crippen LogP contribution in [0.15, 0.2) is 12.2 Å². The average molecular weight is 213 g/mol. The van der Waals surface area contributed by atoms with Crippen molar-refractivity contribution in [3.8, 4) is 0 Å². The Balaban J connectivity index is 3.32. The number of esters is 1. The predicted molar refractivity (Wildman–Crippen MR) is 62.5 cm³/mol. The van der Waals surface area contributed by atoms with E-state index in [9.17, 15) is 4.79 Å². The Bertz CT molecular complexity index is 202. The zero-order valence-corrected chi connectivity index (χ0v) is 9.92. The Kier molecular flexibility index (Phi) is 8.01. The summed E-state index contributed by atoms with van der Waals surface area (Å²) in [6.07, 6.45) is 4.45. The number of hydrogen-bond donors (Lipinski definition) is 1. The number of unbranched alkanes of at least 4 members (excludes halogenated alkanes) is 2. The van der Waals surface area contributed by atoms with E-state index in [0.29, 0.717) is 13.0 Å². The van der Waals surface area contributed by atoms with Crippen molar-refractivity contribution >= 4 is 5.97 Å². The van der Waals surface area contributed by atoms with Crippen molar-refractivity contribution < 1.29 is 9.53 Å². The maximum absolute atomic E-state index is 11.0. The van der Waals surface area contributed by atoms with E-state index in [4.69, 9.17) is 10.5 Å². The predicted octanol–water partition coefficient (Wildman–Crippen LogP) is 2.40. The van der Waals surface area contributed by atoms with Gasteiger partial charge in [0.15, 0.2) is 0 Å². The third-order valence-electron chi connectivity index (χ3n) is 2.33. The topological polar surface area (TPSA) is 52.3 Å². The molecule has 0 fully saturated rings. The maximum atomic E-state index is 11.0. The van der Waals surface area contributed by atoms with Crippen LogP contribution >= 0.6 is 0 Å². The fraction of sp³-hybridized carbons (Fsp3) is 0.750. The molecular weight excluding hydrogens is 190 g/mol. The number of carbonyl (C=O) groups excluding carboxylic acids is 1. The third kappa shape index (κ3) is 8.18. The molecule has 0 bridgehead atoms. The summed E-state index contributed by atoms with van der Waals surface area (Å²) in [6, 6.07) is 0.104. The zero-order chi connectivity index (χ0) is 11.7. The third-order valence-corrected chi connectivity index (χ3v) is 2.33. The van der Waals surface area contributed by atoms with Gasteiger partial charge in [-0.3, -0.25) is 4.79 Å². The molecule has 0 aromatic rings. The molecule has 2 N–H and O–H groups in total. The standard InChI is InChI=1S/C12H23NO2/c1-4-15-12(14)9-7-5-6-8-11(13)10(2)3/h11H,2,4-9,13H2,1,3H3. The molecule has 0 heterocycles. The van der Waals surface area contributed by atoms with Crippen LogP contribution in [0.3, 0.4) is 0 Å². The van der Waals surface area contributed by atoms with Gasteiger partial charge in [0.1, 0.15) is 0 Å². The fourth-order valence-electron chi connectivity index (χ4n) is 1.29. The monoisotopic (exact) mass is 213 g/mol. The summed E-state index contributed by atoms with van der Waals surface area (Å²) < 4.78 is 4.83. The first-order chi connectivity index (χ1) is 7.07. The zero-order valence-electron chi connectivity index (χ0n) is 9.92. The second-order valence-corrected chi connectivity index (χ2v) is 3.86. The van der Waals surface area contributed by atoms with Gasteiger partial charge in [-0.2, -0.15) is 0 Å². The highest BCUT2D eigenvalue weighted by atomic mass is 16.5. The number of hydrogen-bond acceptors (Lipinski definition) is 3. The molecule has 0 aliphatic carbocycles. The summed E-state index contributed by atoms with van der Waals surface area (Å²) in [5.41, 5.74) is 6.84. The van der Waals surface area contributed by atoms with Gasteiger partial charge in [-0.15, -0.1) is 0 Å². The summed E-state index contributed by atoms with van der Waals surface area (Å²) in [7, 11) is 0. The molecule has 0 rings (SSSR count). The smallest absolute Gasteiger partial charge is 0.305 e. The van der Waals surface area contributed by atoms with Crippen LogP contribution in [0.1, 0.15) is 46.0 Å². The highest BCUT2D eigenvalue weighted by molar-refractivity contribution is 5.69. The first-order valence-corrected chi connectivity index (χ1v) is 5.64. The Morgan fingerprint density at radius 1 is 1.40 bits per heavy atom. The number of nitrogens with two attached hydrogens (primary N) is 1. The van der Waals surface area contributed by atoms with Crippen molar-refractivity contribution in [1.82, 2.24) is 0 Å². The van der Waals surface area contributed by atoms with E-state index in [1.54, 1.807) is 0 Å². The highest BCUT2D eigenvalue weighted by Crippen LogP contribution is 2.09. The molecule has 3 nitrogen and oxygen atoms in total. The Morgan fingerprint density at radius 3 is 2.60 bits per heavy atom. The summed E-state index contributed by atoms with van der Waals surface area (Å²) in [6.45, 7) is 8.05. The van der Waals surface area contributed by atoms with Gasteiger partial charge >= 0.3 is 5.97 Å². The second kappa shape index (κ2) is 8.48. The van der Waals surface area contributed by atoms with Gasteiger partial charge < -0.3 is 10.5 Å². The Labute approximate surface area is 92.7 Å². The van der Waals surface area contributed by atoms with Crippen molar-refractivity contribution in [3.05, 3.63) is 12.2 Å². The van der Waals surface area contributed by atoms with E-state index in [-0.39, 0.29) is 12.0 Å². The van der Waals surface area contributed by atoms with E-state index in [1.165, 1.54) is 0 Å². The molecular formula is C12H23NO2. The minimum Gasteiger partial charge on any atom is -0.466 e. The summed E-state index contributed by atoms with van der Waals surface area (Å²) in [5.74, 6) is -0.0956. The lowest BCUT2D eigenvalue weighted by Gasteiger charge is -2.10. The largest absolute Gasteiger partial charge is 0.466 e. The fourth-order valence-corrected chi connectivity index (χ4v) is 1.29. The van der Waals surface area contributed by atoms with Crippen LogP contribution in [0.25, 0.3) is 0 Å². The van der Waals surface area contributed by atoms with Crippen molar-refractivity contribution in [2.45, 2.75) is 52.0 Å². The quantitative estimate of drug-likeness (QED) is 0.382. The van der Waals surface area contributed by atoms with Gasteiger partial charge in [-0.25, -0.2) is 0 Å². The lowest BCUT2D eigenvalue weighted by molar-refractivity contribution is -0.143. The van der Waals surface area contributed by atoms with Crippen molar-refractivity contribution in [1.29, 1.82) is 0 Å². The van der Waals surface area contributed by atoms with Gasteiger partial charge in [-0.05, 0) is 26.7 Å². The van der Waals surface area contributed by atoms with Gasteiger partial charge in [-0.1, -0.05) is 25.0 Å². The van der Waals surface area contributed by atoms with Crippen molar-refractivity contribution in [2.24, 2.45) is 5.73 Å². The molecule has 3 heteroatoms. The van der Waals surface area contributed by atoms with Crippen LogP contribution < -0.4 is 5.73 Å². The molecule has 0 saturated heterocycles. The molecule has 0 aliphatic heterocycles. The lowest BCUT2D eigenvalue weighted by atomic mass is 10.0. The van der Waals surface area contributed by atoms with E-state index in [1.807, 2.05) is 13.8 Å².